The molecule has 1 atom stereocenters. The van der Waals surface area contributed by atoms with E-state index >= 15 is 0 Å². The van der Waals surface area contributed by atoms with Crippen LogP contribution in [-0.4, -0.2) is 39.4 Å². The Labute approximate surface area is 234 Å². The van der Waals surface area contributed by atoms with Crippen molar-refractivity contribution in [3.63, 3.8) is 0 Å². The summed E-state index contributed by atoms with van der Waals surface area (Å²) >= 11 is 0. The molecule has 0 aliphatic carbocycles. The van der Waals surface area contributed by atoms with E-state index in [9.17, 15) is 0 Å². The summed E-state index contributed by atoms with van der Waals surface area (Å²) in [6.07, 6.45) is 4.47. The molecule has 1 aliphatic rings. The van der Waals surface area contributed by atoms with Crippen molar-refractivity contribution in [2.75, 3.05) is 54.1 Å². The van der Waals surface area contributed by atoms with Gasteiger partial charge in [-0.3, -0.25) is 5.32 Å². The molecule has 0 spiro atoms. The molecule has 4 heteroatoms. The van der Waals surface area contributed by atoms with E-state index in [4.69, 9.17) is 0 Å². The maximum Gasteiger partial charge on any atom is 0.0686 e. The van der Waals surface area contributed by atoms with Crippen LogP contribution in [0.15, 0.2) is 121 Å². The van der Waals surface area contributed by atoms with Gasteiger partial charge in [-0.15, -0.1) is 0 Å². The Morgan fingerprint density at radius 2 is 0.821 bits per heavy atom. The van der Waals surface area contributed by atoms with Gasteiger partial charge < -0.3 is 14.7 Å². The van der Waals surface area contributed by atoms with Gasteiger partial charge in [0.1, 0.15) is 0 Å². The molecule has 0 radical (unpaired) electrons. The summed E-state index contributed by atoms with van der Waals surface area (Å²) in [4.78, 5) is 7.67. The zero-order valence-electron chi connectivity index (χ0n) is 23.0. The third kappa shape index (κ3) is 7.87. The highest BCUT2D eigenvalue weighted by atomic mass is 15.2. The number of hydrogen-bond donors (Lipinski definition) is 1. The average molecular weight is 519 g/mol. The van der Waals surface area contributed by atoms with Gasteiger partial charge in [-0.1, -0.05) is 84.9 Å². The molecule has 4 aromatic rings. The van der Waals surface area contributed by atoms with E-state index in [0.717, 1.165) is 65.1 Å². The maximum absolute atomic E-state index is 3.95. The molecule has 202 valence electrons. The Balaban J connectivity index is 1.39. The summed E-state index contributed by atoms with van der Waals surface area (Å²) in [5.41, 5.74) is 5.30. The smallest absolute Gasteiger partial charge is 0.0686 e. The topological polar surface area (TPSA) is 21.8 Å². The Morgan fingerprint density at radius 1 is 0.436 bits per heavy atom. The molecule has 0 amide bonds. The summed E-state index contributed by atoms with van der Waals surface area (Å²) in [6, 6.07) is 44.1. The van der Waals surface area contributed by atoms with E-state index in [1.165, 1.54) is 22.6 Å². The summed E-state index contributed by atoms with van der Waals surface area (Å²) in [7, 11) is 0. The fraction of sp³-hybridized carbons (Fsp3) is 0.314. The number of nitrogens with zero attached hydrogens (tertiary/aromatic N) is 3. The normalized spacial score (nSPS) is 18.3. The molecule has 1 unspecified atom stereocenters. The fourth-order valence-corrected chi connectivity index (χ4v) is 5.64. The van der Waals surface area contributed by atoms with Gasteiger partial charge in [0, 0.05) is 55.8 Å². The SMILES string of the molecule is c1ccc(C2CCCN(c3ccccc3)CCCN(c3ccccc3)CCCN(c3ccccc3)CN2)cc1. The van der Waals surface area contributed by atoms with E-state index in [1.54, 1.807) is 0 Å². The lowest BCUT2D eigenvalue weighted by molar-refractivity contribution is 0.477. The molecule has 0 aromatic heterocycles. The van der Waals surface area contributed by atoms with Crippen LogP contribution >= 0.6 is 0 Å². The van der Waals surface area contributed by atoms with Crippen LogP contribution in [0.3, 0.4) is 0 Å². The van der Waals surface area contributed by atoms with Crippen LogP contribution in [0.1, 0.15) is 37.3 Å². The first-order valence-corrected chi connectivity index (χ1v) is 14.6. The van der Waals surface area contributed by atoms with Crippen LogP contribution in [0.5, 0.6) is 0 Å². The number of benzene rings is 4. The number of nitrogens with one attached hydrogen (secondary N) is 1. The Bertz CT molecular complexity index is 1100. The van der Waals surface area contributed by atoms with Crippen molar-refractivity contribution in [2.45, 2.75) is 31.7 Å². The van der Waals surface area contributed by atoms with Crippen LogP contribution in [0.25, 0.3) is 0 Å². The first kappa shape index (κ1) is 26.8. The van der Waals surface area contributed by atoms with Gasteiger partial charge in [0.25, 0.3) is 0 Å². The van der Waals surface area contributed by atoms with E-state index in [0.29, 0.717) is 6.04 Å². The van der Waals surface area contributed by atoms with Crippen molar-refractivity contribution in [1.29, 1.82) is 0 Å². The van der Waals surface area contributed by atoms with E-state index in [2.05, 4.69) is 141 Å². The van der Waals surface area contributed by atoms with E-state index in [1.807, 2.05) is 0 Å². The minimum absolute atomic E-state index is 0.320. The Hall–Kier alpha value is -3.76. The molecular weight excluding hydrogens is 476 g/mol. The molecule has 4 nitrogen and oxygen atoms in total. The largest absolute Gasteiger partial charge is 0.371 e. The Morgan fingerprint density at radius 3 is 1.31 bits per heavy atom. The molecule has 1 heterocycles. The molecule has 1 N–H and O–H groups in total. The zero-order valence-corrected chi connectivity index (χ0v) is 23.0. The van der Waals surface area contributed by atoms with Crippen LogP contribution in [0, 0.1) is 0 Å². The van der Waals surface area contributed by atoms with Crippen molar-refractivity contribution in [2.24, 2.45) is 0 Å². The second-order valence-electron chi connectivity index (χ2n) is 10.4. The first-order valence-electron chi connectivity index (χ1n) is 14.6. The predicted molar refractivity (Wildman–Crippen MR) is 167 cm³/mol. The molecule has 39 heavy (non-hydrogen) atoms. The fourth-order valence-electron chi connectivity index (χ4n) is 5.64. The van der Waals surface area contributed by atoms with Gasteiger partial charge in [-0.2, -0.15) is 0 Å². The molecule has 0 bridgehead atoms. The van der Waals surface area contributed by atoms with Gasteiger partial charge >= 0.3 is 0 Å². The van der Waals surface area contributed by atoms with Crippen molar-refractivity contribution in [3.8, 4) is 0 Å². The molecule has 0 saturated carbocycles. The van der Waals surface area contributed by atoms with Crippen molar-refractivity contribution in [3.05, 3.63) is 127 Å². The minimum Gasteiger partial charge on any atom is -0.371 e. The lowest BCUT2D eigenvalue weighted by Crippen LogP contribution is -2.38. The highest BCUT2D eigenvalue weighted by molar-refractivity contribution is 5.48. The summed E-state index contributed by atoms with van der Waals surface area (Å²) < 4.78 is 0. The summed E-state index contributed by atoms with van der Waals surface area (Å²) in [6.45, 7) is 6.06. The van der Waals surface area contributed by atoms with Gasteiger partial charge in [0.15, 0.2) is 0 Å². The second-order valence-corrected chi connectivity index (χ2v) is 10.4. The van der Waals surface area contributed by atoms with Gasteiger partial charge in [-0.25, -0.2) is 0 Å². The third-order valence-electron chi connectivity index (χ3n) is 7.73. The highest BCUT2D eigenvalue weighted by Gasteiger charge is 2.17. The monoisotopic (exact) mass is 518 g/mol. The number of para-hydroxylation sites is 3. The molecule has 5 rings (SSSR count). The highest BCUT2D eigenvalue weighted by Crippen LogP contribution is 2.23. The summed E-state index contributed by atoms with van der Waals surface area (Å²) in [5, 5.41) is 3.95. The lowest BCUT2D eigenvalue weighted by atomic mass is 10.0. The van der Waals surface area contributed by atoms with Gasteiger partial charge in [0.05, 0.1) is 6.67 Å². The number of hydrogen-bond acceptors (Lipinski definition) is 4. The number of anilines is 3. The van der Waals surface area contributed by atoms with Gasteiger partial charge in [-0.05, 0) is 67.6 Å². The van der Waals surface area contributed by atoms with Gasteiger partial charge in [0.2, 0.25) is 0 Å². The van der Waals surface area contributed by atoms with Crippen LogP contribution in [-0.2, 0) is 0 Å². The molecule has 1 aliphatic heterocycles. The standard InChI is InChI=1S/C35H42N4/c1-5-16-31(17-6-1)35-24-13-25-37(32-18-7-2-8-19-32)26-14-27-38(33-20-9-3-10-21-33)28-15-29-39(30-36-35)34-22-11-4-12-23-34/h1-12,16-23,35-36H,13-15,24-30H2. The number of rotatable bonds is 4. The van der Waals surface area contributed by atoms with Crippen LogP contribution in [0.2, 0.25) is 0 Å². The first-order chi connectivity index (χ1) is 19.4. The van der Waals surface area contributed by atoms with Crippen molar-refractivity contribution < 1.29 is 0 Å². The van der Waals surface area contributed by atoms with E-state index < -0.39 is 0 Å². The second kappa shape index (κ2) is 14.4. The maximum atomic E-state index is 3.95. The minimum atomic E-state index is 0.320. The zero-order chi connectivity index (χ0) is 26.5. The molecule has 1 saturated heterocycles. The van der Waals surface area contributed by atoms with Crippen molar-refractivity contribution in [1.82, 2.24) is 5.32 Å². The summed E-state index contributed by atoms with van der Waals surface area (Å²) in [5.74, 6) is 0. The lowest BCUT2D eigenvalue weighted by Gasteiger charge is -2.30. The van der Waals surface area contributed by atoms with E-state index in [-0.39, 0.29) is 0 Å². The molecule has 1 fully saturated rings. The third-order valence-corrected chi connectivity index (χ3v) is 7.73. The average Bonchev–Trinajstić information content (AvgIpc) is 3.02. The molecule has 4 aromatic carbocycles. The Kier molecular flexibility index (Phi) is 9.91. The predicted octanol–water partition coefficient (Wildman–Crippen LogP) is 7.37. The van der Waals surface area contributed by atoms with Crippen LogP contribution in [0.4, 0.5) is 17.1 Å². The van der Waals surface area contributed by atoms with Crippen molar-refractivity contribution >= 4 is 17.1 Å². The quantitative estimate of drug-likeness (QED) is 0.304. The van der Waals surface area contributed by atoms with Crippen LogP contribution < -0.4 is 20.0 Å². The molecular formula is C35H42N4.